The fourth-order valence-corrected chi connectivity index (χ4v) is 3.63. The fourth-order valence-electron chi connectivity index (χ4n) is 3.63. The van der Waals surface area contributed by atoms with E-state index in [9.17, 15) is 27.9 Å². The van der Waals surface area contributed by atoms with E-state index in [0.29, 0.717) is 18.7 Å². The van der Waals surface area contributed by atoms with E-state index in [1.807, 2.05) is 0 Å². The van der Waals surface area contributed by atoms with Crippen LogP contribution in [-0.2, 0) is 22.7 Å². The molecule has 1 aromatic heterocycles. The van der Waals surface area contributed by atoms with Crippen LogP contribution in [-0.4, -0.2) is 48.9 Å². The fraction of sp³-hybridized carbons (Fsp3) is 0.733. The lowest BCUT2D eigenvalue weighted by molar-refractivity contribution is -0.184. The van der Waals surface area contributed by atoms with Gasteiger partial charge in [0, 0.05) is 6.42 Å². The van der Waals surface area contributed by atoms with Crippen molar-refractivity contribution in [1.82, 2.24) is 19.7 Å². The van der Waals surface area contributed by atoms with Gasteiger partial charge in [0.25, 0.3) is 0 Å². The van der Waals surface area contributed by atoms with Crippen LogP contribution in [0.5, 0.6) is 0 Å². The Balaban J connectivity index is 1.62. The zero-order chi connectivity index (χ0) is 18.2. The SMILES string of the molecule is O=C(O)C1Cn2cnnc2CN1C(=O)CC1CCC(C(F)(F)F)CC1. The predicted octanol–water partition coefficient (Wildman–Crippen LogP) is 1.83. The predicted molar refractivity (Wildman–Crippen MR) is 78.1 cm³/mol. The molecular formula is C15H19F3N4O3. The maximum atomic E-state index is 12.7. The van der Waals surface area contributed by atoms with Gasteiger partial charge in [-0.15, -0.1) is 10.2 Å². The van der Waals surface area contributed by atoms with Crippen LogP contribution in [0.3, 0.4) is 0 Å². The molecule has 0 bridgehead atoms. The number of nitrogens with zero attached hydrogens (tertiary/aromatic N) is 4. The highest BCUT2D eigenvalue weighted by Crippen LogP contribution is 2.40. The summed E-state index contributed by atoms with van der Waals surface area (Å²) in [6, 6.07) is -1.01. The summed E-state index contributed by atoms with van der Waals surface area (Å²) in [5.74, 6) is -2.39. The van der Waals surface area contributed by atoms with Crippen molar-refractivity contribution < 1.29 is 27.9 Å². The van der Waals surface area contributed by atoms with Crippen molar-refractivity contribution in [3.05, 3.63) is 12.2 Å². The van der Waals surface area contributed by atoms with Crippen LogP contribution in [0.2, 0.25) is 0 Å². The maximum absolute atomic E-state index is 12.7. The number of carbonyl (C=O) groups excluding carboxylic acids is 1. The molecule has 0 aromatic carbocycles. The molecule has 0 spiro atoms. The Morgan fingerprint density at radius 3 is 2.52 bits per heavy atom. The monoisotopic (exact) mass is 360 g/mol. The molecule has 1 aromatic rings. The number of aliphatic carboxylic acids is 1. The molecule has 1 fully saturated rings. The summed E-state index contributed by atoms with van der Waals surface area (Å²) in [6.07, 6.45) is -1.97. The quantitative estimate of drug-likeness (QED) is 0.888. The van der Waals surface area contributed by atoms with E-state index in [2.05, 4.69) is 10.2 Å². The van der Waals surface area contributed by atoms with Crippen LogP contribution in [0.1, 0.15) is 37.9 Å². The first kappa shape index (κ1) is 17.7. The van der Waals surface area contributed by atoms with Crippen molar-refractivity contribution >= 4 is 11.9 Å². The smallest absolute Gasteiger partial charge is 0.391 e. The maximum Gasteiger partial charge on any atom is 0.391 e. The van der Waals surface area contributed by atoms with Gasteiger partial charge in [-0.2, -0.15) is 13.2 Å². The summed E-state index contributed by atoms with van der Waals surface area (Å²) in [5, 5.41) is 17.0. The van der Waals surface area contributed by atoms with Crippen molar-refractivity contribution in [2.24, 2.45) is 11.8 Å². The lowest BCUT2D eigenvalue weighted by Crippen LogP contribution is -2.51. The van der Waals surface area contributed by atoms with Gasteiger partial charge in [-0.05, 0) is 31.6 Å². The lowest BCUT2D eigenvalue weighted by Gasteiger charge is -2.35. The summed E-state index contributed by atoms with van der Waals surface area (Å²) < 4.78 is 39.7. The number of fused-ring (bicyclic) bond motifs is 1. The summed E-state index contributed by atoms with van der Waals surface area (Å²) in [5.41, 5.74) is 0. The number of carbonyl (C=O) groups is 2. The zero-order valence-electron chi connectivity index (χ0n) is 13.4. The summed E-state index contributed by atoms with van der Waals surface area (Å²) >= 11 is 0. The van der Waals surface area contributed by atoms with E-state index in [4.69, 9.17) is 0 Å². The van der Waals surface area contributed by atoms with Crippen LogP contribution in [0.4, 0.5) is 13.2 Å². The van der Waals surface area contributed by atoms with Gasteiger partial charge in [0.05, 0.1) is 19.0 Å². The molecule has 1 aliphatic carbocycles. The van der Waals surface area contributed by atoms with E-state index < -0.39 is 24.1 Å². The number of hydrogen-bond donors (Lipinski definition) is 1. The highest BCUT2D eigenvalue weighted by Gasteiger charge is 2.42. The van der Waals surface area contributed by atoms with E-state index in [1.54, 1.807) is 4.57 Å². The Morgan fingerprint density at radius 2 is 1.92 bits per heavy atom. The Morgan fingerprint density at radius 1 is 1.24 bits per heavy atom. The van der Waals surface area contributed by atoms with Crippen LogP contribution in [0.25, 0.3) is 0 Å². The number of amides is 1. The van der Waals surface area contributed by atoms with Crippen molar-refractivity contribution in [3.63, 3.8) is 0 Å². The molecule has 1 atom stereocenters. The van der Waals surface area contributed by atoms with E-state index in [1.165, 1.54) is 11.2 Å². The van der Waals surface area contributed by atoms with Crippen molar-refractivity contribution in [3.8, 4) is 0 Å². The van der Waals surface area contributed by atoms with E-state index in [-0.39, 0.29) is 44.2 Å². The molecule has 0 saturated heterocycles. The lowest BCUT2D eigenvalue weighted by atomic mass is 9.80. The van der Waals surface area contributed by atoms with Crippen LogP contribution in [0, 0.1) is 11.8 Å². The third-order valence-electron chi connectivity index (χ3n) is 5.13. The molecule has 1 unspecified atom stereocenters. The average molecular weight is 360 g/mol. The molecule has 0 radical (unpaired) electrons. The topological polar surface area (TPSA) is 88.3 Å². The number of carboxylic acid groups (broad SMARTS) is 1. The molecule has 1 N–H and O–H groups in total. The highest BCUT2D eigenvalue weighted by atomic mass is 19.4. The first-order valence-corrected chi connectivity index (χ1v) is 8.21. The molecule has 2 heterocycles. The largest absolute Gasteiger partial charge is 0.480 e. The molecule has 7 nitrogen and oxygen atoms in total. The molecule has 10 heteroatoms. The normalized spacial score (nSPS) is 27.0. The summed E-state index contributed by atoms with van der Waals surface area (Å²) in [4.78, 5) is 25.3. The molecule has 2 aliphatic rings. The molecule has 25 heavy (non-hydrogen) atoms. The van der Waals surface area contributed by atoms with Gasteiger partial charge in [0.2, 0.25) is 5.91 Å². The standard InChI is InChI=1S/C15H19F3N4O3/c16-15(17,18)10-3-1-9(2-4-10)5-13(23)22-7-12-20-19-8-21(12)6-11(22)14(24)25/h8-11H,1-7H2,(H,24,25). The number of aromatic nitrogens is 3. The molecular weight excluding hydrogens is 341 g/mol. The molecule has 1 aliphatic heterocycles. The second-order valence-corrected chi connectivity index (χ2v) is 6.74. The molecule has 3 rings (SSSR count). The Bertz CT molecular complexity index is 653. The second-order valence-electron chi connectivity index (χ2n) is 6.74. The summed E-state index contributed by atoms with van der Waals surface area (Å²) in [7, 11) is 0. The summed E-state index contributed by atoms with van der Waals surface area (Å²) in [6.45, 7) is 0.123. The number of rotatable bonds is 3. The number of carboxylic acids is 1. The minimum atomic E-state index is -4.18. The van der Waals surface area contributed by atoms with Crippen molar-refractivity contribution in [1.29, 1.82) is 0 Å². The molecule has 1 saturated carbocycles. The van der Waals surface area contributed by atoms with Crippen molar-refractivity contribution in [2.45, 2.75) is 57.4 Å². The molecule has 1 amide bonds. The van der Waals surface area contributed by atoms with Gasteiger partial charge in [-0.1, -0.05) is 0 Å². The molecule has 138 valence electrons. The number of halogens is 3. The van der Waals surface area contributed by atoms with E-state index in [0.717, 1.165) is 0 Å². The van der Waals surface area contributed by atoms with Crippen LogP contribution < -0.4 is 0 Å². The Labute approximate surface area is 141 Å². The van der Waals surface area contributed by atoms with Crippen molar-refractivity contribution in [2.75, 3.05) is 0 Å². The Hall–Kier alpha value is -2.13. The minimum absolute atomic E-state index is 0.0259. The second kappa shape index (κ2) is 6.64. The van der Waals surface area contributed by atoms with Gasteiger partial charge < -0.3 is 14.6 Å². The first-order valence-electron chi connectivity index (χ1n) is 8.21. The zero-order valence-corrected chi connectivity index (χ0v) is 13.4. The van der Waals surface area contributed by atoms with Gasteiger partial charge >= 0.3 is 12.1 Å². The van der Waals surface area contributed by atoms with Crippen LogP contribution >= 0.6 is 0 Å². The van der Waals surface area contributed by atoms with Gasteiger partial charge in [0.1, 0.15) is 12.4 Å². The van der Waals surface area contributed by atoms with Gasteiger partial charge in [-0.25, -0.2) is 4.79 Å². The number of alkyl halides is 3. The van der Waals surface area contributed by atoms with Crippen LogP contribution in [0.15, 0.2) is 6.33 Å². The minimum Gasteiger partial charge on any atom is -0.480 e. The highest BCUT2D eigenvalue weighted by molar-refractivity contribution is 5.84. The third kappa shape index (κ3) is 3.77. The first-order chi connectivity index (χ1) is 11.8. The van der Waals surface area contributed by atoms with Gasteiger partial charge in [0.15, 0.2) is 5.82 Å². The Kier molecular flexibility index (Phi) is 4.70. The van der Waals surface area contributed by atoms with E-state index >= 15 is 0 Å². The van der Waals surface area contributed by atoms with Gasteiger partial charge in [-0.3, -0.25) is 4.79 Å². The third-order valence-corrected chi connectivity index (χ3v) is 5.13. The average Bonchev–Trinajstić information content (AvgIpc) is 3.00. The number of hydrogen-bond acceptors (Lipinski definition) is 4.